The lowest BCUT2D eigenvalue weighted by Crippen LogP contribution is -2.46. The average molecular weight is 547 g/mol. The van der Waals surface area contributed by atoms with Gasteiger partial charge in [0.05, 0.1) is 24.2 Å². The number of hydrogen-bond donors (Lipinski definition) is 1. The number of morpholine rings is 1. The lowest BCUT2D eigenvalue weighted by atomic mass is 10.0. The van der Waals surface area contributed by atoms with Crippen LogP contribution in [0.2, 0.25) is 0 Å². The maximum absolute atomic E-state index is 5.49. The second kappa shape index (κ2) is 11.3. The molecule has 7 rings (SSSR count). The Labute approximate surface area is 239 Å². The second-order valence-corrected chi connectivity index (χ2v) is 10.6. The third-order valence-electron chi connectivity index (χ3n) is 8.21. The molecule has 0 aliphatic carbocycles. The molecule has 2 fully saturated rings. The minimum atomic E-state index is 0.775. The van der Waals surface area contributed by atoms with Crippen molar-refractivity contribution in [1.29, 1.82) is 0 Å². The van der Waals surface area contributed by atoms with Gasteiger partial charge in [0.15, 0.2) is 0 Å². The first-order chi connectivity index (χ1) is 20.2. The fourth-order valence-electron chi connectivity index (χ4n) is 5.80. The van der Waals surface area contributed by atoms with E-state index >= 15 is 0 Å². The standard InChI is InChI=1S/C32H34N8O/c1-2-38-11-13-40(14-12-38)32-28-20-24(4-10-30(28)34-22-36-32)23-3-9-29-27(19-23)31(35-21-33-29)37-25-5-7-26(8-6-25)39-15-17-41-18-16-39/h3-10,19-22H,2,11-18H2,1H3,(H,33,35,37). The van der Waals surface area contributed by atoms with Gasteiger partial charge in [-0.15, -0.1) is 0 Å². The van der Waals surface area contributed by atoms with E-state index in [1.54, 1.807) is 12.7 Å². The Morgan fingerprint density at radius 3 is 2.05 bits per heavy atom. The van der Waals surface area contributed by atoms with Crippen molar-refractivity contribution < 1.29 is 4.74 Å². The second-order valence-electron chi connectivity index (χ2n) is 10.6. The molecule has 41 heavy (non-hydrogen) atoms. The zero-order chi connectivity index (χ0) is 27.6. The van der Waals surface area contributed by atoms with E-state index in [1.807, 2.05) is 0 Å². The van der Waals surface area contributed by atoms with Crippen LogP contribution in [0.25, 0.3) is 32.9 Å². The Balaban J connectivity index is 1.19. The summed E-state index contributed by atoms with van der Waals surface area (Å²) in [6.45, 7) is 10.8. The normalized spacial score (nSPS) is 16.4. The topological polar surface area (TPSA) is 82.5 Å². The molecule has 0 amide bonds. The minimum Gasteiger partial charge on any atom is -0.378 e. The number of anilines is 4. The first-order valence-electron chi connectivity index (χ1n) is 14.4. The van der Waals surface area contributed by atoms with E-state index in [1.165, 1.54) is 5.69 Å². The van der Waals surface area contributed by atoms with Crippen LogP contribution in [-0.2, 0) is 4.74 Å². The van der Waals surface area contributed by atoms with Gasteiger partial charge in [0.2, 0.25) is 0 Å². The molecule has 2 aromatic heterocycles. The lowest BCUT2D eigenvalue weighted by Gasteiger charge is -2.35. The summed E-state index contributed by atoms with van der Waals surface area (Å²) in [6.07, 6.45) is 3.30. The van der Waals surface area contributed by atoms with E-state index in [-0.39, 0.29) is 0 Å². The van der Waals surface area contributed by atoms with E-state index in [0.717, 1.165) is 109 Å². The van der Waals surface area contributed by atoms with Crippen LogP contribution in [0.4, 0.5) is 23.0 Å². The maximum atomic E-state index is 5.49. The SMILES string of the molecule is CCN1CCN(c2ncnc3ccc(-c4ccc5ncnc(Nc6ccc(N7CCOCC7)cc6)c5c4)cc23)CC1. The van der Waals surface area contributed by atoms with Crippen molar-refractivity contribution in [3.05, 3.63) is 73.3 Å². The molecule has 0 radical (unpaired) electrons. The summed E-state index contributed by atoms with van der Waals surface area (Å²) >= 11 is 0. The molecule has 9 heteroatoms. The molecule has 3 aromatic carbocycles. The van der Waals surface area contributed by atoms with Crippen LogP contribution in [0.5, 0.6) is 0 Å². The van der Waals surface area contributed by atoms with Gasteiger partial charge in [-0.3, -0.25) is 0 Å². The number of benzene rings is 3. The molecule has 0 saturated carbocycles. The molecule has 4 heterocycles. The smallest absolute Gasteiger partial charge is 0.141 e. The number of nitrogens with one attached hydrogen (secondary N) is 1. The van der Waals surface area contributed by atoms with Crippen molar-refractivity contribution in [2.75, 3.05) is 74.1 Å². The van der Waals surface area contributed by atoms with Gasteiger partial charge in [-0.25, -0.2) is 19.9 Å². The van der Waals surface area contributed by atoms with Crippen molar-refractivity contribution in [1.82, 2.24) is 24.8 Å². The Kier molecular flexibility index (Phi) is 7.04. The number of hydrogen-bond acceptors (Lipinski definition) is 9. The van der Waals surface area contributed by atoms with Crippen molar-refractivity contribution in [2.45, 2.75) is 6.92 Å². The summed E-state index contributed by atoms with van der Waals surface area (Å²) in [5, 5.41) is 5.58. The predicted octanol–water partition coefficient (Wildman–Crippen LogP) is 4.96. The number of ether oxygens (including phenoxy) is 1. The predicted molar refractivity (Wildman–Crippen MR) is 165 cm³/mol. The Hall–Kier alpha value is -4.34. The fraction of sp³-hybridized carbons (Fsp3) is 0.312. The third-order valence-corrected chi connectivity index (χ3v) is 8.21. The Bertz CT molecular complexity index is 1660. The number of piperazine rings is 1. The zero-order valence-electron chi connectivity index (χ0n) is 23.3. The van der Waals surface area contributed by atoms with Gasteiger partial charge in [0, 0.05) is 61.4 Å². The van der Waals surface area contributed by atoms with Crippen LogP contribution in [0.1, 0.15) is 6.92 Å². The highest BCUT2D eigenvalue weighted by Gasteiger charge is 2.19. The fourth-order valence-corrected chi connectivity index (χ4v) is 5.80. The van der Waals surface area contributed by atoms with Crippen molar-refractivity contribution in [3.63, 3.8) is 0 Å². The lowest BCUT2D eigenvalue weighted by molar-refractivity contribution is 0.122. The minimum absolute atomic E-state index is 0.775. The Morgan fingerprint density at radius 1 is 0.683 bits per heavy atom. The number of aromatic nitrogens is 4. The molecule has 208 valence electrons. The first-order valence-corrected chi connectivity index (χ1v) is 14.4. The monoisotopic (exact) mass is 546 g/mol. The van der Waals surface area contributed by atoms with Gasteiger partial charge in [-0.2, -0.15) is 0 Å². The summed E-state index contributed by atoms with van der Waals surface area (Å²) in [4.78, 5) is 25.6. The number of rotatable bonds is 6. The molecule has 0 bridgehead atoms. The van der Waals surface area contributed by atoms with Crippen molar-refractivity contribution >= 4 is 44.8 Å². The summed E-state index contributed by atoms with van der Waals surface area (Å²) in [6, 6.07) is 21.3. The third kappa shape index (κ3) is 5.26. The number of fused-ring (bicyclic) bond motifs is 2. The summed E-state index contributed by atoms with van der Waals surface area (Å²) in [5.41, 5.74) is 6.28. The van der Waals surface area contributed by atoms with E-state index in [2.05, 4.69) is 103 Å². The molecule has 0 spiro atoms. The van der Waals surface area contributed by atoms with E-state index in [0.29, 0.717) is 0 Å². The number of likely N-dealkylation sites (N-methyl/N-ethyl adjacent to an activating group) is 1. The molecule has 0 atom stereocenters. The van der Waals surface area contributed by atoms with Gasteiger partial charge in [-0.05, 0) is 66.2 Å². The highest BCUT2D eigenvalue weighted by molar-refractivity contribution is 5.97. The quantitative estimate of drug-likeness (QED) is 0.318. The van der Waals surface area contributed by atoms with Crippen LogP contribution < -0.4 is 15.1 Å². The highest BCUT2D eigenvalue weighted by atomic mass is 16.5. The zero-order valence-corrected chi connectivity index (χ0v) is 23.3. The molecule has 2 aliphatic heterocycles. The van der Waals surface area contributed by atoms with Crippen molar-refractivity contribution in [3.8, 4) is 11.1 Å². The van der Waals surface area contributed by atoms with Gasteiger partial charge in [0.1, 0.15) is 24.3 Å². The van der Waals surface area contributed by atoms with Gasteiger partial charge >= 0.3 is 0 Å². The number of nitrogens with zero attached hydrogens (tertiary/aromatic N) is 7. The average Bonchev–Trinajstić information content (AvgIpc) is 3.05. The first kappa shape index (κ1) is 25.6. The molecule has 9 nitrogen and oxygen atoms in total. The molecule has 0 unspecified atom stereocenters. The maximum Gasteiger partial charge on any atom is 0.141 e. The molecular formula is C32H34N8O. The van der Waals surface area contributed by atoms with Crippen LogP contribution in [0.15, 0.2) is 73.3 Å². The molecule has 2 aliphatic rings. The largest absolute Gasteiger partial charge is 0.378 e. The molecule has 2 saturated heterocycles. The van der Waals surface area contributed by atoms with E-state index in [4.69, 9.17) is 9.72 Å². The van der Waals surface area contributed by atoms with Crippen molar-refractivity contribution in [2.24, 2.45) is 0 Å². The Morgan fingerprint density at radius 2 is 1.34 bits per heavy atom. The van der Waals surface area contributed by atoms with Crippen LogP contribution in [0.3, 0.4) is 0 Å². The van der Waals surface area contributed by atoms with E-state index < -0.39 is 0 Å². The van der Waals surface area contributed by atoms with Gasteiger partial charge in [-0.1, -0.05) is 19.1 Å². The highest BCUT2D eigenvalue weighted by Crippen LogP contribution is 2.33. The summed E-state index contributed by atoms with van der Waals surface area (Å²) in [7, 11) is 0. The van der Waals surface area contributed by atoms with Gasteiger partial charge in [0.25, 0.3) is 0 Å². The summed E-state index contributed by atoms with van der Waals surface area (Å²) < 4.78 is 5.49. The molecule has 5 aromatic rings. The summed E-state index contributed by atoms with van der Waals surface area (Å²) in [5.74, 6) is 1.80. The molecular weight excluding hydrogens is 512 g/mol. The van der Waals surface area contributed by atoms with E-state index in [9.17, 15) is 0 Å². The van der Waals surface area contributed by atoms with Crippen LogP contribution in [0, 0.1) is 0 Å². The van der Waals surface area contributed by atoms with Crippen LogP contribution in [-0.4, -0.2) is 83.9 Å². The molecule has 1 N–H and O–H groups in total. The van der Waals surface area contributed by atoms with Crippen LogP contribution >= 0.6 is 0 Å². The van der Waals surface area contributed by atoms with Gasteiger partial charge < -0.3 is 24.8 Å².